The molecule has 10 nitrogen and oxygen atoms in total. The van der Waals surface area contributed by atoms with Crippen LogP contribution in [0.2, 0.25) is 0 Å². The van der Waals surface area contributed by atoms with Gasteiger partial charge >= 0.3 is 11.9 Å². The predicted molar refractivity (Wildman–Crippen MR) is 115 cm³/mol. The van der Waals surface area contributed by atoms with Crippen molar-refractivity contribution < 1.29 is 32.6 Å². The average molecular weight is 476 g/mol. The SMILES string of the molecule is CNCc1cc(S(=O)(=O)c2ccc(C)nc2)n(-c2ccccc2F)n1.O=C(O)C=CC(=O)O. The predicted octanol–water partition coefficient (Wildman–Crippen LogP) is 1.98. The summed E-state index contributed by atoms with van der Waals surface area (Å²) in [6.45, 7) is 2.13. The molecule has 0 bridgehead atoms. The molecule has 12 heteroatoms. The lowest BCUT2D eigenvalue weighted by Crippen LogP contribution is -2.11. The van der Waals surface area contributed by atoms with E-state index in [1.165, 1.54) is 36.5 Å². The summed E-state index contributed by atoms with van der Waals surface area (Å²) < 4.78 is 41.4. The van der Waals surface area contributed by atoms with Gasteiger partial charge in [-0.3, -0.25) is 4.98 Å². The van der Waals surface area contributed by atoms with Gasteiger partial charge in [-0.05, 0) is 38.2 Å². The highest BCUT2D eigenvalue weighted by molar-refractivity contribution is 7.91. The molecule has 0 radical (unpaired) electrons. The standard InChI is InChI=1S/C17H17FN4O2S.C4H4O4/c1-12-7-8-14(11-20-12)25(23,24)17-9-13(10-19-2)21-22(17)16-6-4-3-5-15(16)18;5-3(6)1-2-4(7)8/h3-9,11,19H,10H2,1-2H3;1-2H,(H,5,6)(H,7,8). The van der Waals surface area contributed by atoms with E-state index in [4.69, 9.17) is 10.2 Å². The fraction of sp³-hybridized carbons (Fsp3) is 0.143. The minimum Gasteiger partial charge on any atom is -0.478 e. The van der Waals surface area contributed by atoms with Crippen LogP contribution in [0.3, 0.4) is 0 Å². The van der Waals surface area contributed by atoms with Gasteiger partial charge in [-0.1, -0.05) is 12.1 Å². The Labute approximate surface area is 188 Å². The summed E-state index contributed by atoms with van der Waals surface area (Å²) in [6, 6.07) is 10.4. The normalized spacial score (nSPS) is 11.1. The van der Waals surface area contributed by atoms with Crippen molar-refractivity contribution in [1.82, 2.24) is 20.1 Å². The molecule has 0 fully saturated rings. The van der Waals surface area contributed by atoms with Crippen LogP contribution in [-0.2, 0) is 26.0 Å². The summed E-state index contributed by atoms with van der Waals surface area (Å²) in [5.41, 5.74) is 1.27. The first-order valence-corrected chi connectivity index (χ1v) is 10.8. The maximum Gasteiger partial charge on any atom is 0.328 e. The van der Waals surface area contributed by atoms with Crippen molar-refractivity contribution in [3.8, 4) is 5.69 Å². The molecule has 0 aliphatic heterocycles. The number of aliphatic carboxylic acids is 2. The fourth-order valence-electron chi connectivity index (χ4n) is 2.54. The second-order valence-electron chi connectivity index (χ2n) is 6.52. The monoisotopic (exact) mass is 476 g/mol. The highest BCUT2D eigenvalue weighted by atomic mass is 32.2. The van der Waals surface area contributed by atoms with Crippen LogP contribution in [0.1, 0.15) is 11.4 Å². The average Bonchev–Trinajstić information content (AvgIpc) is 3.18. The van der Waals surface area contributed by atoms with Crippen LogP contribution in [0, 0.1) is 12.7 Å². The van der Waals surface area contributed by atoms with Gasteiger partial charge in [-0.25, -0.2) is 27.1 Å². The van der Waals surface area contributed by atoms with Gasteiger partial charge in [0.2, 0.25) is 9.84 Å². The summed E-state index contributed by atoms with van der Waals surface area (Å²) in [6.07, 6.45) is 2.41. The first-order valence-electron chi connectivity index (χ1n) is 9.36. The minimum absolute atomic E-state index is 0.0339. The maximum atomic E-state index is 14.2. The Morgan fingerprint density at radius 2 is 1.76 bits per heavy atom. The number of nitrogens with zero attached hydrogens (tertiary/aromatic N) is 3. The number of carboxylic acid groups (broad SMARTS) is 2. The summed E-state index contributed by atoms with van der Waals surface area (Å²) >= 11 is 0. The molecule has 3 aromatic rings. The zero-order chi connectivity index (χ0) is 24.6. The van der Waals surface area contributed by atoms with Crippen LogP contribution in [0.5, 0.6) is 0 Å². The molecule has 2 heterocycles. The Kier molecular flexibility index (Phi) is 8.54. The van der Waals surface area contributed by atoms with Gasteiger partial charge in [0.15, 0.2) is 5.03 Å². The van der Waals surface area contributed by atoms with Crippen LogP contribution < -0.4 is 5.32 Å². The van der Waals surface area contributed by atoms with Crippen molar-refractivity contribution in [2.45, 2.75) is 23.4 Å². The molecule has 0 spiro atoms. The summed E-state index contributed by atoms with van der Waals surface area (Å²) in [5.74, 6) is -3.07. The molecule has 2 aromatic heterocycles. The molecule has 0 aliphatic carbocycles. The number of hydrogen-bond acceptors (Lipinski definition) is 7. The Morgan fingerprint density at radius 1 is 1.12 bits per heavy atom. The van der Waals surface area contributed by atoms with Crippen LogP contribution in [-0.4, -0.2) is 52.4 Å². The van der Waals surface area contributed by atoms with E-state index in [1.54, 1.807) is 26.1 Å². The van der Waals surface area contributed by atoms with Gasteiger partial charge in [-0.2, -0.15) is 5.10 Å². The summed E-state index contributed by atoms with van der Waals surface area (Å²) in [7, 11) is -2.18. The largest absolute Gasteiger partial charge is 0.478 e. The Balaban J connectivity index is 0.000000414. The molecular weight excluding hydrogens is 455 g/mol. The van der Waals surface area contributed by atoms with E-state index in [2.05, 4.69) is 15.4 Å². The van der Waals surface area contributed by atoms with Crippen LogP contribution in [0.25, 0.3) is 5.69 Å². The number of rotatable bonds is 7. The quantitative estimate of drug-likeness (QED) is 0.435. The maximum absolute atomic E-state index is 14.2. The lowest BCUT2D eigenvalue weighted by molar-refractivity contribution is -0.134. The Bertz CT molecular complexity index is 1250. The number of aryl methyl sites for hydroxylation is 1. The van der Waals surface area contributed by atoms with Crippen LogP contribution in [0.15, 0.2) is 70.7 Å². The first-order chi connectivity index (χ1) is 15.6. The van der Waals surface area contributed by atoms with Crippen molar-refractivity contribution in [3.05, 3.63) is 78.0 Å². The molecule has 0 unspecified atom stereocenters. The zero-order valence-corrected chi connectivity index (χ0v) is 18.5. The molecule has 1 aromatic carbocycles. The Hall–Kier alpha value is -3.90. The van der Waals surface area contributed by atoms with Crippen molar-refractivity contribution in [3.63, 3.8) is 0 Å². The molecule has 0 aliphatic rings. The smallest absolute Gasteiger partial charge is 0.328 e. The third-order valence-corrected chi connectivity index (χ3v) is 5.71. The van der Waals surface area contributed by atoms with E-state index in [-0.39, 0.29) is 15.6 Å². The second-order valence-corrected chi connectivity index (χ2v) is 8.41. The number of sulfone groups is 1. The van der Waals surface area contributed by atoms with Gasteiger partial charge < -0.3 is 15.5 Å². The number of nitrogens with one attached hydrogen (secondary N) is 1. The molecule has 174 valence electrons. The summed E-state index contributed by atoms with van der Waals surface area (Å²) in [4.78, 5) is 23.2. The molecule has 0 saturated carbocycles. The van der Waals surface area contributed by atoms with Crippen molar-refractivity contribution >= 4 is 21.8 Å². The van der Waals surface area contributed by atoms with E-state index in [9.17, 15) is 22.4 Å². The lowest BCUT2D eigenvalue weighted by Gasteiger charge is -2.09. The molecule has 3 rings (SSSR count). The van der Waals surface area contributed by atoms with Gasteiger partial charge in [0.1, 0.15) is 11.5 Å². The van der Waals surface area contributed by atoms with Gasteiger partial charge in [0.25, 0.3) is 0 Å². The number of hydrogen-bond donors (Lipinski definition) is 3. The highest BCUT2D eigenvalue weighted by Crippen LogP contribution is 2.25. The van der Waals surface area contributed by atoms with E-state index in [0.29, 0.717) is 30.1 Å². The van der Waals surface area contributed by atoms with E-state index in [1.807, 2.05) is 0 Å². The third-order valence-electron chi connectivity index (χ3n) is 4.00. The topological polar surface area (TPSA) is 151 Å². The number of aromatic nitrogens is 3. The van der Waals surface area contributed by atoms with Crippen molar-refractivity contribution in [2.75, 3.05) is 7.05 Å². The third kappa shape index (κ3) is 6.79. The first kappa shape index (κ1) is 25.4. The van der Waals surface area contributed by atoms with Gasteiger partial charge in [0, 0.05) is 36.7 Å². The number of pyridine rings is 1. The van der Waals surface area contributed by atoms with E-state index in [0.717, 1.165) is 4.68 Å². The number of para-hydroxylation sites is 1. The number of carbonyl (C=O) groups is 2. The number of benzene rings is 1. The molecule has 0 amide bonds. The molecule has 33 heavy (non-hydrogen) atoms. The van der Waals surface area contributed by atoms with E-state index < -0.39 is 27.6 Å². The fourth-order valence-corrected chi connectivity index (χ4v) is 3.88. The van der Waals surface area contributed by atoms with Crippen LogP contribution in [0.4, 0.5) is 4.39 Å². The van der Waals surface area contributed by atoms with Gasteiger partial charge in [-0.15, -0.1) is 0 Å². The lowest BCUT2D eigenvalue weighted by atomic mass is 10.3. The number of halogens is 1. The molecule has 0 atom stereocenters. The van der Waals surface area contributed by atoms with Crippen molar-refractivity contribution in [1.29, 1.82) is 0 Å². The van der Waals surface area contributed by atoms with Crippen LogP contribution >= 0.6 is 0 Å². The van der Waals surface area contributed by atoms with Gasteiger partial charge in [0.05, 0.1) is 10.6 Å². The number of carboxylic acids is 2. The zero-order valence-electron chi connectivity index (χ0n) is 17.6. The molecule has 3 N–H and O–H groups in total. The summed E-state index contributed by atoms with van der Waals surface area (Å²) in [5, 5.41) is 22.7. The molecular formula is C21H21FN4O6S. The van der Waals surface area contributed by atoms with E-state index >= 15 is 0 Å². The highest BCUT2D eigenvalue weighted by Gasteiger charge is 2.26. The van der Waals surface area contributed by atoms with Crippen molar-refractivity contribution in [2.24, 2.45) is 0 Å². The molecule has 0 saturated heterocycles. The minimum atomic E-state index is -3.91. The second kappa shape index (κ2) is 11.1. The Morgan fingerprint density at radius 3 is 2.27 bits per heavy atom.